The van der Waals surface area contributed by atoms with Crippen molar-refractivity contribution in [2.45, 2.75) is 32.7 Å². The van der Waals surface area contributed by atoms with Crippen LogP contribution in [0.1, 0.15) is 47.8 Å². The Morgan fingerprint density at radius 2 is 1.97 bits per heavy atom. The zero-order chi connectivity index (χ0) is 26.9. The molecule has 3 amide bonds. The molecule has 0 bridgehead atoms. The zero-order valence-electron chi connectivity index (χ0n) is 21.0. The number of carboxylic acids is 1. The lowest BCUT2D eigenvalue weighted by Gasteiger charge is -2.26. The zero-order valence-corrected chi connectivity index (χ0v) is 21.7. The molecule has 1 aliphatic heterocycles. The summed E-state index contributed by atoms with van der Waals surface area (Å²) in [4.78, 5) is 44.5. The molecule has 0 aliphatic carbocycles. The fourth-order valence-corrected chi connectivity index (χ4v) is 4.24. The SMILES string of the molecule is CCO/N=C1/CN(C(=O)NC(CC)c2ccc(C(=O)O)cc2)C(=O)[C@H](Cc2cc(Cl)ccc2OC)CN1. The van der Waals surface area contributed by atoms with Crippen molar-refractivity contribution in [2.24, 2.45) is 11.1 Å². The molecule has 11 heteroatoms. The second-order valence-electron chi connectivity index (χ2n) is 8.46. The molecule has 198 valence electrons. The summed E-state index contributed by atoms with van der Waals surface area (Å²) in [5, 5.41) is 19.7. The Kier molecular flexibility index (Phi) is 9.73. The summed E-state index contributed by atoms with van der Waals surface area (Å²) in [5.74, 6) is -1.08. The molecule has 2 aromatic carbocycles. The van der Waals surface area contributed by atoms with Crippen molar-refractivity contribution >= 4 is 35.3 Å². The van der Waals surface area contributed by atoms with Gasteiger partial charge in [-0.3, -0.25) is 9.69 Å². The topological polar surface area (TPSA) is 130 Å². The molecule has 2 atom stereocenters. The fraction of sp³-hybridized carbons (Fsp3) is 0.385. The Morgan fingerprint density at radius 1 is 1.24 bits per heavy atom. The highest BCUT2D eigenvalue weighted by Crippen LogP contribution is 2.27. The van der Waals surface area contributed by atoms with Gasteiger partial charge in [-0.05, 0) is 61.2 Å². The maximum absolute atomic E-state index is 13.6. The van der Waals surface area contributed by atoms with Gasteiger partial charge in [0.2, 0.25) is 5.91 Å². The molecule has 1 fully saturated rings. The summed E-state index contributed by atoms with van der Waals surface area (Å²) in [7, 11) is 1.54. The van der Waals surface area contributed by atoms with Crippen LogP contribution in [-0.2, 0) is 16.1 Å². The second kappa shape index (κ2) is 13.0. The number of urea groups is 1. The van der Waals surface area contributed by atoms with Crippen molar-refractivity contribution in [3.8, 4) is 5.75 Å². The van der Waals surface area contributed by atoms with Gasteiger partial charge in [-0.25, -0.2) is 9.59 Å². The first-order valence-electron chi connectivity index (χ1n) is 12.0. The average molecular weight is 531 g/mol. The number of carboxylic acid groups (broad SMARTS) is 1. The number of nitrogens with one attached hydrogen (secondary N) is 2. The van der Waals surface area contributed by atoms with Crippen molar-refractivity contribution in [1.29, 1.82) is 0 Å². The number of carbonyl (C=O) groups is 3. The Balaban J connectivity index is 1.85. The average Bonchev–Trinajstić information content (AvgIpc) is 3.05. The van der Waals surface area contributed by atoms with E-state index in [1.807, 2.05) is 6.92 Å². The number of halogens is 1. The minimum absolute atomic E-state index is 0.0950. The lowest BCUT2D eigenvalue weighted by Crippen LogP contribution is -2.48. The van der Waals surface area contributed by atoms with Crippen LogP contribution in [0.25, 0.3) is 0 Å². The summed E-state index contributed by atoms with van der Waals surface area (Å²) < 4.78 is 5.43. The van der Waals surface area contributed by atoms with E-state index < -0.39 is 24.0 Å². The number of imide groups is 1. The standard InChI is InChI=1S/C26H31ClN4O6/c1-4-21(16-6-8-17(9-7-16)25(33)34)29-26(35)31-15-23(30-37-5-2)28-14-19(24(31)32)12-18-13-20(27)10-11-22(18)36-3/h6-11,13,19,21H,4-5,12,14-15H2,1-3H3,(H,28,30)(H,29,35)(H,33,34)/t19-,21?/m1/s1. The lowest BCUT2D eigenvalue weighted by atomic mass is 9.97. The molecular formula is C26H31ClN4O6. The second-order valence-corrected chi connectivity index (χ2v) is 8.89. The normalized spacial score (nSPS) is 17.5. The monoisotopic (exact) mass is 530 g/mol. The number of ether oxygens (including phenoxy) is 1. The lowest BCUT2D eigenvalue weighted by molar-refractivity contribution is -0.131. The third kappa shape index (κ3) is 7.13. The van der Waals surface area contributed by atoms with Gasteiger partial charge in [-0.15, -0.1) is 0 Å². The number of benzene rings is 2. The molecular weight excluding hydrogens is 500 g/mol. The molecule has 10 nitrogen and oxygen atoms in total. The van der Waals surface area contributed by atoms with Crippen molar-refractivity contribution in [3.05, 3.63) is 64.2 Å². The van der Waals surface area contributed by atoms with E-state index in [1.54, 1.807) is 44.4 Å². The number of amides is 3. The molecule has 1 unspecified atom stereocenters. The largest absolute Gasteiger partial charge is 0.496 e. The summed E-state index contributed by atoms with van der Waals surface area (Å²) in [6, 6.07) is 10.4. The third-order valence-corrected chi connectivity index (χ3v) is 6.23. The van der Waals surface area contributed by atoms with E-state index in [-0.39, 0.29) is 31.0 Å². The van der Waals surface area contributed by atoms with Crippen LogP contribution in [0.5, 0.6) is 5.75 Å². The van der Waals surface area contributed by atoms with Gasteiger partial charge in [0.1, 0.15) is 12.4 Å². The predicted octanol–water partition coefficient (Wildman–Crippen LogP) is 3.85. The van der Waals surface area contributed by atoms with E-state index in [4.69, 9.17) is 26.3 Å². The van der Waals surface area contributed by atoms with E-state index >= 15 is 0 Å². The van der Waals surface area contributed by atoms with Gasteiger partial charge in [-0.2, -0.15) is 0 Å². The molecule has 3 N–H and O–H groups in total. The van der Waals surface area contributed by atoms with Crippen LogP contribution in [0.2, 0.25) is 5.02 Å². The van der Waals surface area contributed by atoms with Crippen LogP contribution < -0.4 is 15.4 Å². The Bertz CT molecular complexity index is 1150. The highest BCUT2D eigenvalue weighted by molar-refractivity contribution is 6.30. The molecule has 2 aromatic rings. The highest BCUT2D eigenvalue weighted by Gasteiger charge is 2.35. The van der Waals surface area contributed by atoms with Crippen LogP contribution in [0.15, 0.2) is 47.6 Å². The van der Waals surface area contributed by atoms with Crippen molar-refractivity contribution in [1.82, 2.24) is 15.5 Å². The van der Waals surface area contributed by atoms with Gasteiger partial charge in [0, 0.05) is 11.6 Å². The predicted molar refractivity (Wildman–Crippen MR) is 139 cm³/mol. The number of aromatic carboxylic acids is 1. The number of nitrogens with zero attached hydrogens (tertiary/aromatic N) is 2. The fourth-order valence-electron chi connectivity index (χ4n) is 4.05. The van der Waals surface area contributed by atoms with E-state index in [0.717, 1.165) is 16.0 Å². The molecule has 0 spiro atoms. The number of amidine groups is 1. The molecule has 1 aliphatic rings. The van der Waals surface area contributed by atoms with Crippen molar-refractivity contribution in [2.75, 3.05) is 26.8 Å². The third-order valence-electron chi connectivity index (χ3n) is 6.00. The smallest absolute Gasteiger partial charge is 0.335 e. The first-order valence-corrected chi connectivity index (χ1v) is 12.3. The number of carbonyl (C=O) groups excluding carboxylic acids is 2. The number of rotatable bonds is 9. The first kappa shape index (κ1) is 27.8. The van der Waals surface area contributed by atoms with Crippen LogP contribution in [0, 0.1) is 5.92 Å². The maximum atomic E-state index is 13.6. The molecule has 37 heavy (non-hydrogen) atoms. The number of hydrogen-bond donors (Lipinski definition) is 3. The van der Waals surface area contributed by atoms with Gasteiger partial charge in [0.15, 0.2) is 5.84 Å². The number of oxime groups is 1. The van der Waals surface area contributed by atoms with Gasteiger partial charge in [0.05, 0.1) is 31.2 Å². The minimum atomic E-state index is -1.03. The quantitative estimate of drug-likeness (QED) is 0.420. The minimum Gasteiger partial charge on any atom is -0.496 e. The van der Waals surface area contributed by atoms with Gasteiger partial charge < -0.3 is 25.3 Å². The summed E-state index contributed by atoms with van der Waals surface area (Å²) in [6.45, 7) is 4.14. The van der Waals surface area contributed by atoms with E-state index in [2.05, 4.69) is 15.8 Å². The molecule has 1 saturated heterocycles. The Morgan fingerprint density at radius 3 is 2.59 bits per heavy atom. The molecule has 0 aromatic heterocycles. The molecule has 1 heterocycles. The van der Waals surface area contributed by atoms with Crippen molar-refractivity contribution in [3.63, 3.8) is 0 Å². The van der Waals surface area contributed by atoms with Crippen molar-refractivity contribution < 1.29 is 29.1 Å². The van der Waals surface area contributed by atoms with Gasteiger partial charge >= 0.3 is 12.0 Å². The van der Waals surface area contributed by atoms with Crippen LogP contribution in [0.3, 0.4) is 0 Å². The van der Waals surface area contributed by atoms with Gasteiger partial charge in [-0.1, -0.05) is 35.8 Å². The first-order chi connectivity index (χ1) is 17.8. The summed E-state index contributed by atoms with van der Waals surface area (Å²) in [6.07, 6.45) is 0.816. The van der Waals surface area contributed by atoms with Crippen LogP contribution in [-0.4, -0.2) is 60.6 Å². The molecule has 0 saturated carbocycles. The van der Waals surface area contributed by atoms with Crippen LogP contribution >= 0.6 is 11.6 Å². The maximum Gasteiger partial charge on any atom is 0.335 e. The van der Waals surface area contributed by atoms with Crippen LogP contribution in [0.4, 0.5) is 4.79 Å². The molecule has 3 rings (SSSR count). The summed E-state index contributed by atoms with van der Waals surface area (Å²) >= 11 is 6.18. The summed E-state index contributed by atoms with van der Waals surface area (Å²) in [5.41, 5.74) is 1.62. The Labute approximate surface area is 220 Å². The number of methoxy groups -OCH3 is 1. The van der Waals surface area contributed by atoms with E-state index in [0.29, 0.717) is 29.6 Å². The highest BCUT2D eigenvalue weighted by atomic mass is 35.5. The van der Waals surface area contributed by atoms with Gasteiger partial charge in [0.25, 0.3) is 0 Å². The number of hydrogen-bond acceptors (Lipinski definition) is 6. The molecule has 0 radical (unpaired) electrons. The Hall–Kier alpha value is -3.79. The van der Waals surface area contributed by atoms with E-state index in [1.165, 1.54) is 12.1 Å². The van der Waals surface area contributed by atoms with E-state index in [9.17, 15) is 14.4 Å².